The Labute approximate surface area is 203 Å². The lowest BCUT2D eigenvalue weighted by Gasteiger charge is -2.33. The molecule has 34 heavy (non-hydrogen) atoms. The van der Waals surface area contributed by atoms with Crippen molar-refractivity contribution in [2.24, 2.45) is 0 Å². The number of aliphatic hydroxyl groups excluding tert-OH is 1. The first kappa shape index (κ1) is 24.3. The molecule has 3 aliphatic rings. The molecule has 0 aliphatic carbocycles. The molecule has 2 aromatic heterocycles. The molecule has 5 rings (SSSR count). The summed E-state index contributed by atoms with van der Waals surface area (Å²) in [6, 6.07) is 1.67. The van der Waals surface area contributed by atoms with Crippen LogP contribution in [-0.2, 0) is 23.1 Å². The van der Waals surface area contributed by atoms with Crippen LogP contribution in [0.25, 0.3) is 10.6 Å². The molecule has 3 aliphatic heterocycles. The van der Waals surface area contributed by atoms with E-state index in [1.165, 1.54) is 11.3 Å². The van der Waals surface area contributed by atoms with E-state index in [0.29, 0.717) is 36.4 Å². The maximum Gasteiger partial charge on any atom is 0.420 e. The van der Waals surface area contributed by atoms with E-state index >= 15 is 0 Å². The highest BCUT2D eigenvalue weighted by Gasteiger charge is 2.53. The highest BCUT2D eigenvalue weighted by atomic mass is 32.2. The molecule has 3 atom stereocenters. The van der Waals surface area contributed by atoms with Crippen molar-refractivity contribution in [1.29, 1.82) is 0 Å². The van der Waals surface area contributed by atoms with Crippen LogP contribution in [0.1, 0.15) is 61.3 Å². The molecule has 0 spiro atoms. The van der Waals surface area contributed by atoms with E-state index in [2.05, 4.69) is 27.1 Å². The largest absolute Gasteiger partial charge is 0.598 e. The zero-order valence-electron chi connectivity index (χ0n) is 19.1. The van der Waals surface area contributed by atoms with Gasteiger partial charge in [0, 0.05) is 53.7 Å². The number of nitrogens with zero attached hydrogens (tertiary/aromatic N) is 4. The summed E-state index contributed by atoms with van der Waals surface area (Å²) in [6.07, 6.45) is 1.13. The van der Waals surface area contributed by atoms with Gasteiger partial charge in [0.1, 0.15) is 18.0 Å². The molecule has 2 N–H and O–H groups in total. The van der Waals surface area contributed by atoms with Crippen LogP contribution in [0.5, 0.6) is 0 Å². The predicted octanol–water partition coefficient (Wildman–Crippen LogP) is 4.10. The number of fused-ring (bicyclic) bond motifs is 3. The number of aliphatic hydroxyl groups is 1. The summed E-state index contributed by atoms with van der Waals surface area (Å²) in [5, 5.41) is 14.1. The van der Waals surface area contributed by atoms with Gasteiger partial charge in [-0.05, 0) is 38.2 Å². The second-order valence-electron chi connectivity index (χ2n) is 9.18. The Hall–Kier alpha value is -1.44. The number of aromatic nitrogens is 2. The highest BCUT2D eigenvalue weighted by molar-refractivity contribution is 7.88. The topological polar surface area (TPSA) is 87.6 Å². The first-order chi connectivity index (χ1) is 16.1. The Morgan fingerprint density at radius 3 is 2.71 bits per heavy atom. The molecule has 3 unspecified atom stereocenters. The van der Waals surface area contributed by atoms with Gasteiger partial charge in [-0.25, -0.2) is 9.97 Å². The summed E-state index contributed by atoms with van der Waals surface area (Å²) >= 11 is 0.274. The van der Waals surface area contributed by atoms with Crippen molar-refractivity contribution in [1.82, 2.24) is 19.2 Å². The van der Waals surface area contributed by atoms with Gasteiger partial charge in [0.25, 0.3) is 0 Å². The van der Waals surface area contributed by atoms with Crippen LogP contribution in [0, 0.1) is 0 Å². The number of nitrogens with one attached hydrogen (secondary N) is 1. The average molecular weight is 516 g/mol. The number of thiophene rings is 1. The zero-order valence-corrected chi connectivity index (χ0v) is 20.7. The maximum atomic E-state index is 13.9. The van der Waals surface area contributed by atoms with E-state index in [1.807, 2.05) is 4.31 Å². The Balaban J connectivity index is 1.47. The molecule has 12 heteroatoms. The van der Waals surface area contributed by atoms with Gasteiger partial charge in [-0.15, -0.1) is 15.6 Å². The van der Waals surface area contributed by atoms with Gasteiger partial charge >= 0.3 is 6.18 Å². The smallest absolute Gasteiger partial charge is 0.420 e. The molecule has 0 amide bonds. The number of rotatable bonds is 5. The summed E-state index contributed by atoms with van der Waals surface area (Å²) in [6.45, 7) is 4.12. The average Bonchev–Trinajstić information content (AvgIpc) is 3.47. The first-order valence-electron chi connectivity index (χ1n) is 11.5. The fraction of sp³-hybridized carbons (Fsp3) is 0.636. The summed E-state index contributed by atoms with van der Waals surface area (Å²) in [7, 11) is 0. The van der Waals surface area contributed by atoms with Crippen molar-refractivity contribution in [3.05, 3.63) is 28.3 Å². The molecule has 0 bridgehead atoms. The number of piperidine rings is 1. The van der Waals surface area contributed by atoms with E-state index in [-0.39, 0.29) is 23.2 Å². The molecule has 2 aromatic rings. The van der Waals surface area contributed by atoms with Crippen molar-refractivity contribution in [3.8, 4) is 10.6 Å². The minimum atomic E-state index is -4.60. The Morgan fingerprint density at radius 2 is 2.06 bits per heavy atom. The van der Waals surface area contributed by atoms with Crippen LogP contribution in [-0.4, -0.2) is 60.8 Å². The summed E-state index contributed by atoms with van der Waals surface area (Å²) < 4.78 is 55.2. The quantitative estimate of drug-likeness (QED) is 0.580. The van der Waals surface area contributed by atoms with Gasteiger partial charge in [0.2, 0.25) is 5.95 Å². The normalized spacial score (nSPS) is 27.1. The third kappa shape index (κ3) is 4.01. The van der Waals surface area contributed by atoms with Crippen LogP contribution in [0.3, 0.4) is 0 Å². The van der Waals surface area contributed by atoms with Gasteiger partial charge in [0.15, 0.2) is 0 Å². The number of anilines is 1. The van der Waals surface area contributed by atoms with Crippen LogP contribution in [0.15, 0.2) is 12.3 Å². The standard InChI is InChI=1S/C22H28F3N5O2S2/c1-3-21-7-4-8-30(21)19(31)14-11-16(33-18(14)21)17-15(22(23,24)25)12-26-20(28-17)27-13-5-9-29(10-6-13)34(2)32/h11-13,19,31H,3-10H2,1-2H3,(H,26,27,28). The second-order valence-corrected chi connectivity index (χ2v) is 11.6. The van der Waals surface area contributed by atoms with Crippen molar-refractivity contribution >= 4 is 28.6 Å². The Kier molecular flexibility index (Phi) is 6.35. The predicted molar refractivity (Wildman–Crippen MR) is 125 cm³/mol. The monoisotopic (exact) mass is 515 g/mol. The van der Waals surface area contributed by atoms with E-state index < -0.39 is 29.3 Å². The van der Waals surface area contributed by atoms with Crippen molar-refractivity contribution in [2.45, 2.75) is 63.0 Å². The van der Waals surface area contributed by atoms with Crippen LogP contribution >= 0.6 is 11.3 Å². The summed E-state index contributed by atoms with van der Waals surface area (Å²) in [5.41, 5.74) is -0.642. The lowest BCUT2D eigenvalue weighted by atomic mass is 9.92. The van der Waals surface area contributed by atoms with Gasteiger partial charge in [-0.2, -0.15) is 13.2 Å². The first-order valence-corrected chi connectivity index (χ1v) is 13.9. The maximum absolute atomic E-state index is 13.9. The highest BCUT2D eigenvalue weighted by Crippen LogP contribution is 2.57. The lowest BCUT2D eigenvalue weighted by Crippen LogP contribution is -2.42. The van der Waals surface area contributed by atoms with E-state index in [0.717, 1.165) is 36.9 Å². The van der Waals surface area contributed by atoms with Gasteiger partial charge < -0.3 is 15.0 Å². The molecule has 2 saturated heterocycles. The van der Waals surface area contributed by atoms with Crippen molar-refractivity contribution in [3.63, 3.8) is 0 Å². The molecule has 186 valence electrons. The zero-order chi connectivity index (χ0) is 24.3. The number of alkyl halides is 3. The molecule has 5 heterocycles. The third-order valence-corrected chi connectivity index (χ3v) is 9.80. The van der Waals surface area contributed by atoms with E-state index in [4.69, 9.17) is 0 Å². The van der Waals surface area contributed by atoms with E-state index in [9.17, 15) is 22.8 Å². The van der Waals surface area contributed by atoms with Crippen LogP contribution in [0.4, 0.5) is 19.1 Å². The van der Waals surface area contributed by atoms with Crippen molar-refractivity contribution < 1.29 is 22.8 Å². The third-order valence-electron chi connectivity index (χ3n) is 7.36. The Morgan fingerprint density at radius 1 is 1.32 bits per heavy atom. The minimum Gasteiger partial charge on any atom is -0.598 e. The van der Waals surface area contributed by atoms with Gasteiger partial charge in [0.05, 0.1) is 16.1 Å². The molecular weight excluding hydrogens is 487 g/mol. The second kappa shape index (κ2) is 8.90. The summed E-state index contributed by atoms with van der Waals surface area (Å²) in [5.74, 6) is 0.154. The Bertz CT molecular complexity index is 1060. The van der Waals surface area contributed by atoms with Crippen LogP contribution < -0.4 is 5.32 Å². The van der Waals surface area contributed by atoms with Crippen molar-refractivity contribution in [2.75, 3.05) is 31.2 Å². The molecule has 0 aromatic carbocycles. The van der Waals surface area contributed by atoms with Gasteiger partial charge in [-0.3, -0.25) is 4.90 Å². The molecule has 2 fully saturated rings. The van der Waals surface area contributed by atoms with E-state index in [1.54, 1.807) is 12.3 Å². The number of hydrogen-bond acceptors (Lipinski definition) is 8. The van der Waals surface area contributed by atoms with Gasteiger partial charge in [-0.1, -0.05) is 6.92 Å². The molecule has 7 nitrogen and oxygen atoms in total. The SMILES string of the molecule is CCC12CCCN1C(O)c1cc(-c3nc(NC4CCN([S+](C)[O-])CC4)ncc3C(F)(F)F)sc12. The minimum absolute atomic E-state index is 0.00467. The molecular formula is C22H28F3N5O2S2. The molecule has 0 saturated carbocycles. The lowest BCUT2D eigenvalue weighted by molar-refractivity contribution is -0.137. The number of halogens is 3. The number of hydrogen-bond donors (Lipinski definition) is 2. The fourth-order valence-corrected chi connectivity index (χ4v) is 7.79. The molecule has 0 radical (unpaired) electrons. The summed E-state index contributed by atoms with van der Waals surface area (Å²) in [4.78, 5) is 11.7. The van der Waals surface area contributed by atoms with Crippen LogP contribution in [0.2, 0.25) is 0 Å². The fourth-order valence-electron chi connectivity index (χ4n) is 5.57.